The van der Waals surface area contributed by atoms with Gasteiger partial charge in [0.1, 0.15) is 0 Å². The molecule has 1 heteroatoms. The van der Waals surface area contributed by atoms with Gasteiger partial charge in [-0.25, -0.2) is 0 Å². The van der Waals surface area contributed by atoms with Crippen LogP contribution in [0.5, 0.6) is 0 Å². The molecule has 0 saturated carbocycles. The zero-order chi connectivity index (χ0) is 13.9. The van der Waals surface area contributed by atoms with Crippen molar-refractivity contribution in [2.75, 3.05) is 0 Å². The number of nitrogens with one attached hydrogen (secondary N) is 1. The first-order chi connectivity index (χ1) is 7.47. The van der Waals surface area contributed by atoms with Crippen molar-refractivity contribution in [1.82, 2.24) is 5.32 Å². The van der Waals surface area contributed by atoms with E-state index in [0.29, 0.717) is 6.04 Å². The van der Waals surface area contributed by atoms with Gasteiger partial charge in [-0.05, 0) is 46.5 Å². The fraction of sp³-hybridized carbons (Fsp3) is 0.750. The third kappa shape index (κ3) is 6.68. The van der Waals surface area contributed by atoms with Gasteiger partial charge in [0, 0.05) is 11.6 Å². The molecule has 0 aliphatic carbocycles. The summed E-state index contributed by atoms with van der Waals surface area (Å²) in [5, 5.41) is 3.69. The summed E-state index contributed by atoms with van der Waals surface area (Å²) in [5.74, 6) is 0. The van der Waals surface area contributed by atoms with Gasteiger partial charge in [-0.2, -0.15) is 0 Å². The van der Waals surface area contributed by atoms with Gasteiger partial charge in [0.25, 0.3) is 0 Å². The molecule has 0 bridgehead atoms. The van der Waals surface area contributed by atoms with Crippen LogP contribution >= 0.6 is 0 Å². The first-order valence-electron chi connectivity index (χ1n) is 6.56. The summed E-state index contributed by atoms with van der Waals surface area (Å²) in [4.78, 5) is 0. The van der Waals surface area contributed by atoms with Crippen LogP contribution in [-0.2, 0) is 0 Å². The summed E-state index contributed by atoms with van der Waals surface area (Å²) >= 11 is 0. The van der Waals surface area contributed by atoms with Gasteiger partial charge in [-0.1, -0.05) is 44.6 Å². The average molecular weight is 237 g/mol. The zero-order valence-corrected chi connectivity index (χ0v) is 13.1. The highest BCUT2D eigenvalue weighted by Gasteiger charge is 2.26. The summed E-state index contributed by atoms with van der Waals surface area (Å²) in [5.41, 5.74) is 2.97. The fourth-order valence-corrected chi connectivity index (χ4v) is 1.75. The Labute approximate surface area is 108 Å². The Kier molecular flexibility index (Phi) is 5.67. The van der Waals surface area contributed by atoms with Gasteiger partial charge in [-0.15, -0.1) is 0 Å². The molecule has 0 aliphatic rings. The summed E-state index contributed by atoms with van der Waals surface area (Å²) in [6.45, 7) is 21.9. The number of rotatable bonds is 4. The molecular weight excluding hydrogens is 206 g/mol. The van der Waals surface area contributed by atoms with Gasteiger partial charge in [0.2, 0.25) is 0 Å². The summed E-state index contributed by atoms with van der Waals surface area (Å²) in [6, 6.07) is 0.353. The molecular formula is C16H31N. The van der Waals surface area contributed by atoms with Gasteiger partial charge in [-0.3, -0.25) is 0 Å². The van der Waals surface area contributed by atoms with Crippen molar-refractivity contribution in [3.63, 3.8) is 0 Å². The number of hydrogen-bond donors (Lipinski definition) is 1. The number of allylic oxidation sites excluding steroid dienone is 1. The van der Waals surface area contributed by atoms with Crippen LogP contribution < -0.4 is 5.32 Å². The van der Waals surface area contributed by atoms with Gasteiger partial charge in [0.05, 0.1) is 0 Å². The first kappa shape index (κ1) is 16.4. The molecule has 1 unspecified atom stereocenters. The fourth-order valence-electron chi connectivity index (χ4n) is 1.75. The van der Waals surface area contributed by atoms with Crippen LogP contribution in [0.1, 0.15) is 61.8 Å². The third-order valence-corrected chi connectivity index (χ3v) is 3.01. The Morgan fingerprint density at radius 3 is 1.94 bits per heavy atom. The molecule has 0 fully saturated rings. The lowest BCUT2D eigenvalue weighted by Crippen LogP contribution is -2.46. The molecule has 0 heterocycles. The highest BCUT2D eigenvalue weighted by molar-refractivity contribution is 5.18. The molecule has 1 N–H and O–H groups in total. The second-order valence-corrected chi connectivity index (χ2v) is 7.06. The van der Waals surface area contributed by atoms with Crippen LogP contribution in [0.3, 0.4) is 0 Å². The largest absolute Gasteiger partial charge is 0.305 e. The standard InChI is InChI=1S/C16H31N/c1-10-12(2)11-14(17-16(7,8)9)13(3)15(4,5)6/h10,14,17H,3,11H2,1-2,4-9H3/b12-10+. The van der Waals surface area contributed by atoms with Crippen LogP contribution in [0.15, 0.2) is 23.8 Å². The Morgan fingerprint density at radius 2 is 1.65 bits per heavy atom. The van der Waals surface area contributed by atoms with Crippen molar-refractivity contribution < 1.29 is 0 Å². The minimum atomic E-state index is 0.118. The molecule has 0 radical (unpaired) electrons. The zero-order valence-electron chi connectivity index (χ0n) is 13.1. The normalized spacial score (nSPS) is 15.9. The van der Waals surface area contributed by atoms with Gasteiger partial charge >= 0.3 is 0 Å². The van der Waals surface area contributed by atoms with Crippen LogP contribution in [-0.4, -0.2) is 11.6 Å². The summed E-state index contributed by atoms with van der Waals surface area (Å²) in [6.07, 6.45) is 3.23. The maximum Gasteiger partial charge on any atom is 0.0323 e. The van der Waals surface area contributed by atoms with E-state index in [4.69, 9.17) is 0 Å². The minimum absolute atomic E-state index is 0.118. The van der Waals surface area contributed by atoms with E-state index >= 15 is 0 Å². The maximum atomic E-state index is 4.31. The van der Waals surface area contributed by atoms with Crippen molar-refractivity contribution in [1.29, 1.82) is 0 Å². The Bertz CT molecular complexity index is 284. The predicted octanol–water partition coefficient (Wildman–Crippen LogP) is 4.70. The molecule has 1 atom stereocenters. The van der Waals surface area contributed by atoms with E-state index in [1.807, 2.05) is 0 Å². The van der Waals surface area contributed by atoms with E-state index < -0.39 is 0 Å². The van der Waals surface area contributed by atoms with Crippen molar-refractivity contribution in [3.8, 4) is 0 Å². The molecule has 0 aromatic carbocycles. The second-order valence-electron chi connectivity index (χ2n) is 7.06. The van der Waals surface area contributed by atoms with E-state index in [-0.39, 0.29) is 11.0 Å². The Morgan fingerprint density at radius 1 is 1.18 bits per heavy atom. The van der Waals surface area contributed by atoms with E-state index in [0.717, 1.165) is 6.42 Å². The van der Waals surface area contributed by atoms with E-state index in [9.17, 15) is 0 Å². The van der Waals surface area contributed by atoms with Crippen molar-refractivity contribution >= 4 is 0 Å². The van der Waals surface area contributed by atoms with E-state index in [2.05, 4.69) is 73.4 Å². The molecule has 0 rings (SSSR count). The topological polar surface area (TPSA) is 12.0 Å². The quantitative estimate of drug-likeness (QED) is 0.699. The van der Waals surface area contributed by atoms with E-state index in [1.165, 1.54) is 11.1 Å². The summed E-state index contributed by atoms with van der Waals surface area (Å²) < 4.78 is 0. The third-order valence-electron chi connectivity index (χ3n) is 3.01. The summed E-state index contributed by atoms with van der Waals surface area (Å²) in [7, 11) is 0. The van der Waals surface area contributed by atoms with Crippen LogP contribution in [0.2, 0.25) is 0 Å². The highest BCUT2D eigenvalue weighted by atomic mass is 15.0. The lowest BCUT2D eigenvalue weighted by Gasteiger charge is -2.35. The van der Waals surface area contributed by atoms with Gasteiger partial charge in [0.15, 0.2) is 0 Å². The van der Waals surface area contributed by atoms with Crippen LogP contribution in [0, 0.1) is 5.41 Å². The highest BCUT2D eigenvalue weighted by Crippen LogP contribution is 2.29. The SMILES string of the molecule is C=C(C(C/C(C)=C/C)NC(C)(C)C)C(C)(C)C. The molecule has 0 aromatic rings. The molecule has 1 nitrogen and oxygen atoms in total. The molecule has 17 heavy (non-hydrogen) atoms. The Balaban J connectivity index is 4.93. The van der Waals surface area contributed by atoms with Crippen molar-refractivity contribution in [2.24, 2.45) is 5.41 Å². The van der Waals surface area contributed by atoms with Gasteiger partial charge < -0.3 is 5.32 Å². The lowest BCUT2D eigenvalue weighted by molar-refractivity contribution is 0.343. The van der Waals surface area contributed by atoms with Crippen molar-refractivity contribution in [3.05, 3.63) is 23.8 Å². The lowest BCUT2D eigenvalue weighted by atomic mass is 9.80. The monoisotopic (exact) mass is 237 g/mol. The first-order valence-corrected chi connectivity index (χ1v) is 6.56. The minimum Gasteiger partial charge on any atom is -0.305 e. The Hall–Kier alpha value is -0.560. The molecule has 0 aromatic heterocycles. The van der Waals surface area contributed by atoms with Crippen LogP contribution in [0.25, 0.3) is 0 Å². The van der Waals surface area contributed by atoms with E-state index in [1.54, 1.807) is 0 Å². The second kappa shape index (κ2) is 5.86. The van der Waals surface area contributed by atoms with Crippen molar-refractivity contribution in [2.45, 2.75) is 73.4 Å². The molecule has 0 spiro atoms. The predicted molar refractivity (Wildman–Crippen MR) is 79.3 cm³/mol. The molecule has 0 amide bonds. The molecule has 0 saturated heterocycles. The maximum absolute atomic E-state index is 4.31. The molecule has 100 valence electrons. The van der Waals surface area contributed by atoms with Crippen LogP contribution in [0.4, 0.5) is 0 Å². The average Bonchev–Trinajstić information content (AvgIpc) is 2.11. The smallest absolute Gasteiger partial charge is 0.0323 e. The molecule has 0 aliphatic heterocycles. The number of hydrogen-bond acceptors (Lipinski definition) is 1.